The summed E-state index contributed by atoms with van der Waals surface area (Å²) in [4.78, 5) is 10.5. The lowest BCUT2D eigenvalue weighted by Crippen LogP contribution is -2.55. The summed E-state index contributed by atoms with van der Waals surface area (Å²) in [5.74, 6) is -3.41. The topological polar surface area (TPSA) is 26.3 Å². The Bertz CT molecular complexity index is 220. The van der Waals surface area contributed by atoms with Crippen molar-refractivity contribution >= 4 is 14.6 Å². The molecule has 0 aliphatic rings. The van der Waals surface area contributed by atoms with Crippen molar-refractivity contribution in [2.24, 2.45) is 0 Å². The minimum atomic E-state index is -3.41. The summed E-state index contributed by atoms with van der Waals surface area (Å²) in [5, 5.41) is 0. The smallest absolute Gasteiger partial charge is 0.329 e. The van der Waals surface area contributed by atoms with Gasteiger partial charge in [-0.15, -0.1) is 0 Å². The SMILES string of the molecule is CCC(CC)(O[Si](C)(C)C)C(F)(F)C=O. The Morgan fingerprint density at radius 3 is 1.80 bits per heavy atom. The van der Waals surface area contributed by atoms with Crippen molar-refractivity contribution in [2.45, 2.75) is 57.9 Å². The van der Waals surface area contributed by atoms with Crippen LogP contribution in [0, 0.1) is 0 Å². The maximum absolute atomic E-state index is 13.5. The molecule has 0 aromatic rings. The summed E-state index contributed by atoms with van der Waals surface area (Å²) in [5.41, 5.74) is -1.63. The van der Waals surface area contributed by atoms with Crippen molar-refractivity contribution < 1.29 is 18.0 Å². The highest BCUT2D eigenvalue weighted by atomic mass is 28.4. The van der Waals surface area contributed by atoms with Crippen LogP contribution in [0.25, 0.3) is 0 Å². The molecule has 0 unspecified atom stereocenters. The molecule has 2 nitrogen and oxygen atoms in total. The number of carbonyl (C=O) groups is 1. The summed E-state index contributed by atoms with van der Waals surface area (Å²) in [6.07, 6.45) is -0.0147. The molecule has 0 heterocycles. The van der Waals surface area contributed by atoms with Crippen molar-refractivity contribution in [1.29, 1.82) is 0 Å². The Labute approximate surface area is 91.1 Å². The van der Waals surface area contributed by atoms with E-state index < -0.39 is 19.8 Å². The first-order valence-electron chi connectivity index (χ1n) is 5.18. The molecular formula is C10H20F2O2Si. The lowest BCUT2D eigenvalue weighted by Gasteiger charge is -2.41. The molecule has 0 fully saturated rings. The number of carbonyl (C=O) groups excluding carboxylic acids is 1. The minimum Gasteiger partial charge on any atom is -0.406 e. The van der Waals surface area contributed by atoms with E-state index in [0.717, 1.165) is 0 Å². The summed E-state index contributed by atoms with van der Waals surface area (Å²) in [7, 11) is -2.10. The van der Waals surface area contributed by atoms with Crippen LogP contribution in [0.5, 0.6) is 0 Å². The van der Waals surface area contributed by atoms with Crippen molar-refractivity contribution in [3.8, 4) is 0 Å². The molecule has 0 N–H and O–H groups in total. The van der Waals surface area contributed by atoms with E-state index in [1.165, 1.54) is 0 Å². The molecule has 5 heteroatoms. The van der Waals surface area contributed by atoms with Crippen LogP contribution in [-0.4, -0.2) is 26.1 Å². The zero-order chi connectivity index (χ0) is 12.3. The largest absolute Gasteiger partial charge is 0.406 e. The van der Waals surface area contributed by atoms with Gasteiger partial charge in [0.2, 0.25) is 0 Å². The van der Waals surface area contributed by atoms with Gasteiger partial charge < -0.3 is 4.43 Å². The Morgan fingerprint density at radius 1 is 1.20 bits per heavy atom. The predicted molar refractivity (Wildman–Crippen MR) is 58.8 cm³/mol. The zero-order valence-electron chi connectivity index (χ0n) is 10.1. The summed E-state index contributed by atoms with van der Waals surface area (Å²) >= 11 is 0. The average molecular weight is 238 g/mol. The molecule has 0 atom stereocenters. The van der Waals surface area contributed by atoms with Gasteiger partial charge in [-0.1, -0.05) is 13.8 Å². The molecule has 0 saturated heterocycles. The Kier molecular flexibility index (Phi) is 4.61. The second-order valence-electron chi connectivity index (χ2n) is 4.66. The van der Waals surface area contributed by atoms with E-state index in [9.17, 15) is 13.6 Å². The van der Waals surface area contributed by atoms with Crippen molar-refractivity contribution in [2.75, 3.05) is 0 Å². The number of hydrogen-bond donors (Lipinski definition) is 0. The van der Waals surface area contributed by atoms with E-state index in [4.69, 9.17) is 4.43 Å². The molecule has 0 aliphatic carbocycles. The van der Waals surface area contributed by atoms with Crippen LogP contribution in [-0.2, 0) is 9.22 Å². The van der Waals surface area contributed by atoms with Crippen LogP contribution in [0.15, 0.2) is 0 Å². The molecular weight excluding hydrogens is 218 g/mol. The van der Waals surface area contributed by atoms with Gasteiger partial charge in [-0.2, -0.15) is 8.78 Å². The number of alkyl halides is 2. The van der Waals surface area contributed by atoms with Gasteiger partial charge in [0, 0.05) is 0 Å². The highest BCUT2D eigenvalue weighted by Gasteiger charge is 2.54. The van der Waals surface area contributed by atoms with Gasteiger partial charge in [-0.3, -0.25) is 4.79 Å². The third-order valence-corrected chi connectivity index (χ3v) is 3.40. The van der Waals surface area contributed by atoms with E-state index in [2.05, 4.69) is 0 Å². The van der Waals surface area contributed by atoms with Gasteiger partial charge in [-0.05, 0) is 32.5 Å². The first kappa shape index (κ1) is 14.7. The Morgan fingerprint density at radius 2 is 1.60 bits per heavy atom. The maximum Gasteiger partial charge on any atom is 0.329 e. The van der Waals surface area contributed by atoms with Gasteiger partial charge in [0.25, 0.3) is 0 Å². The normalized spacial score (nSPS) is 14.1. The lowest BCUT2D eigenvalue weighted by atomic mass is 9.90. The highest BCUT2D eigenvalue weighted by molar-refractivity contribution is 6.69. The van der Waals surface area contributed by atoms with Crippen LogP contribution >= 0.6 is 0 Å². The summed E-state index contributed by atoms with van der Waals surface area (Å²) in [6, 6.07) is 0. The van der Waals surface area contributed by atoms with Gasteiger partial charge in [-0.25, -0.2) is 0 Å². The average Bonchev–Trinajstić information content (AvgIpc) is 2.12. The maximum atomic E-state index is 13.5. The van der Waals surface area contributed by atoms with E-state index in [-0.39, 0.29) is 19.1 Å². The number of halogens is 2. The fourth-order valence-corrected chi connectivity index (χ4v) is 3.22. The van der Waals surface area contributed by atoms with Crippen LogP contribution in [0.4, 0.5) is 8.78 Å². The molecule has 0 radical (unpaired) electrons. The van der Waals surface area contributed by atoms with E-state index in [1.54, 1.807) is 13.8 Å². The molecule has 0 aliphatic heterocycles. The van der Waals surface area contributed by atoms with Gasteiger partial charge in [0.1, 0.15) is 5.60 Å². The quantitative estimate of drug-likeness (QED) is 0.524. The first-order chi connectivity index (χ1) is 6.64. The fraction of sp³-hybridized carbons (Fsp3) is 0.900. The molecule has 15 heavy (non-hydrogen) atoms. The molecule has 0 aromatic carbocycles. The third-order valence-electron chi connectivity index (χ3n) is 2.40. The third kappa shape index (κ3) is 3.34. The van der Waals surface area contributed by atoms with E-state index in [0.29, 0.717) is 0 Å². The fourth-order valence-electron chi connectivity index (χ4n) is 1.63. The standard InChI is InChI=1S/C10H20F2O2Si/c1-6-9(7-2,10(11,12)8-13)14-15(3,4)5/h8H,6-7H2,1-5H3. The predicted octanol–water partition coefficient (Wildman–Crippen LogP) is 3.23. The van der Waals surface area contributed by atoms with Gasteiger partial charge in [0.15, 0.2) is 14.6 Å². The first-order valence-corrected chi connectivity index (χ1v) is 8.59. The molecule has 0 spiro atoms. The van der Waals surface area contributed by atoms with Crippen LogP contribution in [0.2, 0.25) is 19.6 Å². The molecule has 0 amide bonds. The van der Waals surface area contributed by atoms with Crippen LogP contribution < -0.4 is 0 Å². The van der Waals surface area contributed by atoms with E-state index >= 15 is 0 Å². The summed E-state index contributed by atoms with van der Waals surface area (Å²) in [6.45, 7) is 8.78. The molecule has 90 valence electrons. The van der Waals surface area contributed by atoms with Crippen molar-refractivity contribution in [3.05, 3.63) is 0 Å². The number of rotatable bonds is 6. The second kappa shape index (κ2) is 4.70. The second-order valence-corrected chi connectivity index (χ2v) is 9.09. The number of hydrogen-bond acceptors (Lipinski definition) is 2. The van der Waals surface area contributed by atoms with Gasteiger partial charge >= 0.3 is 5.92 Å². The lowest BCUT2D eigenvalue weighted by molar-refractivity contribution is -0.174. The van der Waals surface area contributed by atoms with Gasteiger partial charge in [0.05, 0.1) is 0 Å². The molecule has 0 saturated carbocycles. The summed E-state index contributed by atoms with van der Waals surface area (Å²) < 4.78 is 32.6. The minimum absolute atomic E-state index is 0.138. The Hall–Kier alpha value is -0.293. The Balaban J connectivity index is 5.14. The number of aldehydes is 1. The molecule has 0 aromatic heterocycles. The monoisotopic (exact) mass is 238 g/mol. The van der Waals surface area contributed by atoms with Crippen molar-refractivity contribution in [3.63, 3.8) is 0 Å². The molecule has 0 bridgehead atoms. The van der Waals surface area contributed by atoms with Crippen LogP contribution in [0.1, 0.15) is 26.7 Å². The van der Waals surface area contributed by atoms with E-state index in [1.807, 2.05) is 19.6 Å². The highest BCUT2D eigenvalue weighted by Crippen LogP contribution is 2.38. The molecule has 0 rings (SSSR count). The zero-order valence-corrected chi connectivity index (χ0v) is 11.1. The van der Waals surface area contributed by atoms with Crippen LogP contribution in [0.3, 0.4) is 0 Å². The van der Waals surface area contributed by atoms with Crippen molar-refractivity contribution in [1.82, 2.24) is 0 Å².